The summed E-state index contributed by atoms with van der Waals surface area (Å²) in [7, 11) is 0. The van der Waals surface area contributed by atoms with Crippen molar-refractivity contribution in [1.82, 2.24) is 15.1 Å². The van der Waals surface area contributed by atoms with Crippen molar-refractivity contribution in [1.29, 1.82) is 0 Å². The van der Waals surface area contributed by atoms with Crippen LogP contribution in [-0.2, 0) is 0 Å². The Morgan fingerprint density at radius 3 is 2.05 bits per heavy atom. The van der Waals surface area contributed by atoms with E-state index in [-0.39, 0.29) is 0 Å². The van der Waals surface area contributed by atoms with E-state index < -0.39 is 0 Å². The topological polar surface area (TPSA) is 18.5 Å². The number of hydrogen-bond acceptors (Lipinski definition) is 3. The first-order chi connectivity index (χ1) is 8.84. The summed E-state index contributed by atoms with van der Waals surface area (Å²) in [4.78, 5) is 5.22. The molecule has 3 nitrogen and oxygen atoms in total. The fourth-order valence-electron chi connectivity index (χ4n) is 2.90. The van der Waals surface area contributed by atoms with Crippen LogP contribution in [-0.4, -0.2) is 61.2 Å². The summed E-state index contributed by atoms with van der Waals surface area (Å²) in [6.07, 6.45) is 1.26. The molecule has 0 amide bonds. The van der Waals surface area contributed by atoms with Crippen LogP contribution in [0.15, 0.2) is 0 Å². The van der Waals surface area contributed by atoms with Crippen LogP contribution in [0.2, 0.25) is 0 Å². The van der Waals surface area contributed by atoms with Gasteiger partial charge in [-0.1, -0.05) is 27.7 Å². The van der Waals surface area contributed by atoms with Gasteiger partial charge in [0.2, 0.25) is 0 Å². The third-order valence-corrected chi connectivity index (χ3v) is 4.37. The van der Waals surface area contributed by atoms with Crippen LogP contribution < -0.4 is 5.32 Å². The summed E-state index contributed by atoms with van der Waals surface area (Å²) in [6.45, 7) is 21.1. The molecule has 1 N–H and O–H groups in total. The van der Waals surface area contributed by atoms with Crippen molar-refractivity contribution < 1.29 is 0 Å². The van der Waals surface area contributed by atoms with E-state index in [2.05, 4.69) is 56.7 Å². The number of nitrogens with one attached hydrogen (secondary N) is 1. The number of nitrogens with zero attached hydrogens (tertiary/aromatic N) is 2. The standard InChI is InChI=1S/C16H35N3/c1-7-17-15(16(4,5)6)8-9-18-10-12-19(13-11-18)14(2)3/h14-15,17H,7-13H2,1-6H3. The van der Waals surface area contributed by atoms with Crippen molar-refractivity contribution in [2.75, 3.05) is 39.3 Å². The smallest absolute Gasteiger partial charge is 0.0128 e. The van der Waals surface area contributed by atoms with Gasteiger partial charge in [-0.15, -0.1) is 0 Å². The quantitative estimate of drug-likeness (QED) is 0.799. The third kappa shape index (κ3) is 5.80. The predicted molar refractivity (Wildman–Crippen MR) is 84.7 cm³/mol. The summed E-state index contributed by atoms with van der Waals surface area (Å²) < 4.78 is 0. The molecule has 1 aliphatic heterocycles. The van der Waals surface area contributed by atoms with Gasteiger partial charge in [0.1, 0.15) is 0 Å². The number of rotatable bonds is 6. The minimum absolute atomic E-state index is 0.357. The van der Waals surface area contributed by atoms with E-state index in [1.165, 1.54) is 39.1 Å². The molecule has 3 heteroatoms. The molecule has 19 heavy (non-hydrogen) atoms. The lowest BCUT2D eigenvalue weighted by molar-refractivity contribution is 0.100. The molecule has 1 saturated heterocycles. The molecule has 0 radical (unpaired) electrons. The molecule has 1 rings (SSSR count). The van der Waals surface area contributed by atoms with Crippen molar-refractivity contribution in [3.05, 3.63) is 0 Å². The molecule has 1 heterocycles. The van der Waals surface area contributed by atoms with Crippen LogP contribution in [0.5, 0.6) is 0 Å². The second-order valence-corrected chi connectivity index (χ2v) is 7.24. The van der Waals surface area contributed by atoms with Crippen LogP contribution in [0.4, 0.5) is 0 Å². The van der Waals surface area contributed by atoms with E-state index in [1.807, 2.05) is 0 Å². The molecule has 0 saturated carbocycles. The average molecular weight is 269 g/mol. The highest BCUT2D eigenvalue weighted by Crippen LogP contribution is 2.22. The highest BCUT2D eigenvalue weighted by Gasteiger charge is 2.25. The molecule has 1 atom stereocenters. The molecular weight excluding hydrogens is 234 g/mol. The Morgan fingerprint density at radius 1 is 1.05 bits per heavy atom. The Bertz CT molecular complexity index is 237. The first kappa shape index (κ1) is 16.9. The first-order valence-corrected chi connectivity index (χ1v) is 8.04. The molecule has 0 aromatic rings. The van der Waals surface area contributed by atoms with Crippen molar-refractivity contribution >= 4 is 0 Å². The first-order valence-electron chi connectivity index (χ1n) is 8.04. The van der Waals surface area contributed by atoms with Gasteiger partial charge in [-0.05, 0) is 38.8 Å². The lowest BCUT2D eigenvalue weighted by Gasteiger charge is -2.38. The van der Waals surface area contributed by atoms with Crippen LogP contribution in [0.25, 0.3) is 0 Å². The third-order valence-electron chi connectivity index (χ3n) is 4.37. The zero-order valence-electron chi connectivity index (χ0n) is 14.0. The van der Waals surface area contributed by atoms with E-state index in [4.69, 9.17) is 0 Å². The van der Waals surface area contributed by atoms with Crippen molar-refractivity contribution in [3.63, 3.8) is 0 Å². The Balaban J connectivity index is 2.32. The highest BCUT2D eigenvalue weighted by molar-refractivity contribution is 4.82. The molecule has 1 unspecified atom stereocenters. The number of piperazine rings is 1. The van der Waals surface area contributed by atoms with Crippen molar-refractivity contribution in [2.24, 2.45) is 5.41 Å². The fraction of sp³-hybridized carbons (Fsp3) is 1.00. The van der Waals surface area contributed by atoms with E-state index >= 15 is 0 Å². The molecule has 0 aliphatic carbocycles. The second-order valence-electron chi connectivity index (χ2n) is 7.24. The summed E-state index contributed by atoms with van der Waals surface area (Å²) >= 11 is 0. The molecular formula is C16H35N3. The molecule has 1 fully saturated rings. The molecule has 114 valence electrons. The molecule has 0 spiro atoms. The van der Waals surface area contributed by atoms with Crippen LogP contribution >= 0.6 is 0 Å². The number of hydrogen-bond donors (Lipinski definition) is 1. The van der Waals surface area contributed by atoms with E-state index in [9.17, 15) is 0 Å². The van der Waals surface area contributed by atoms with Crippen LogP contribution in [0.1, 0.15) is 48.0 Å². The normalized spacial score (nSPS) is 21.0. The Hall–Kier alpha value is -0.120. The van der Waals surface area contributed by atoms with Gasteiger partial charge in [0.25, 0.3) is 0 Å². The van der Waals surface area contributed by atoms with Crippen molar-refractivity contribution in [2.45, 2.75) is 60.0 Å². The maximum atomic E-state index is 3.65. The largest absolute Gasteiger partial charge is 0.314 e. The maximum absolute atomic E-state index is 3.65. The zero-order chi connectivity index (χ0) is 14.5. The van der Waals surface area contributed by atoms with Gasteiger partial charge in [0.15, 0.2) is 0 Å². The van der Waals surface area contributed by atoms with E-state index in [1.54, 1.807) is 0 Å². The van der Waals surface area contributed by atoms with Crippen LogP contribution in [0, 0.1) is 5.41 Å². The van der Waals surface area contributed by atoms with Crippen LogP contribution in [0.3, 0.4) is 0 Å². The second kappa shape index (κ2) is 7.61. The molecule has 1 aliphatic rings. The summed E-state index contributed by atoms with van der Waals surface area (Å²) in [5, 5.41) is 3.65. The van der Waals surface area contributed by atoms with Crippen molar-refractivity contribution in [3.8, 4) is 0 Å². The summed E-state index contributed by atoms with van der Waals surface area (Å²) in [6, 6.07) is 1.33. The summed E-state index contributed by atoms with van der Waals surface area (Å²) in [5.41, 5.74) is 0.357. The lowest BCUT2D eigenvalue weighted by Crippen LogP contribution is -2.50. The van der Waals surface area contributed by atoms with Gasteiger partial charge < -0.3 is 10.2 Å². The molecule has 0 bridgehead atoms. The minimum atomic E-state index is 0.357. The van der Waals surface area contributed by atoms with Gasteiger partial charge in [0.05, 0.1) is 0 Å². The molecule has 0 aromatic carbocycles. The van der Waals surface area contributed by atoms with Gasteiger partial charge in [-0.3, -0.25) is 4.90 Å². The Kier molecular flexibility index (Phi) is 6.78. The van der Waals surface area contributed by atoms with E-state index in [0.717, 1.165) is 6.54 Å². The maximum Gasteiger partial charge on any atom is 0.0128 e. The zero-order valence-corrected chi connectivity index (χ0v) is 14.0. The highest BCUT2D eigenvalue weighted by atomic mass is 15.3. The lowest BCUT2D eigenvalue weighted by atomic mass is 9.84. The van der Waals surface area contributed by atoms with Gasteiger partial charge in [-0.2, -0.15) is 0 Å². The van der Waals surface area contributed by atoms with Gasteiger partial charge in [0, 0.05) is 38.3 Å². The average Bonchev–Trinajstić information content (AvgIpc) is 2.33. The SMILES string of the molecule is CCNC(CCN1CCN(C(C)C)CC1)C(C)(C)C. The molecule has 0 aromatic heterocycles. The summed E-state index contributed by atoms with van der Waals surface area (Å²) in [5.74, 6) is 0. The van der Waals surface area contributed by atoms with Gasteiger partial charge in [-0.25, -0.2) is 0 Å². The minimum Gasteiger partial charge on any atom is -0.314 e. The fourth-order valence-corrected chi connectivity index (χ4v) is 2.90. The predicted octanol–water partition coefficient (Wildman–Crippen LogP) is 2.43. The Morgan fingerprint density at radius 2 is 1.63 bits per heavy atom. The van der Waals surface area contributed by atoms with E-state index in [0.29, 0.717) is 17.5 Å². The monoisotopic (exact) mass is 269 g/mol. The van der Waals surface area contributed by atoms with Gasteiger partial charge >= 0.3 is 0 Å². The Labute approximate surface area is 120 Å².